The Kier molecular flexibility index (Phi) is 7.99. The monoisotopic (exact) mass is 391 g/mol. The molecular formula is C24H29N3O2. The van der Waals surface area contributed by atoms with Crippen LogP contribution in [0, 0.1) is 4.91 Å². The van der Waals surface area contributed by atoms with Gasteiger partial charge >= 0.3 is 0 Å². The van der Waals surface area contributed by atoms with Gasteiger partial charge in [-0.05, 0) is 48.0 Å². The van der Waals surface area contributed by atoms with Crippen LogP contribution < -0.4 is 10.1 Å². The zero-order valence-corrected chi connectivity index (χ0v) is 17.1. The average molecular weight is 392 g/mol. The van der Waals surface area contributed by atoms with Crippen molar-refractivity contribution in [1.82, 2.24) is 4.98 Å². The maximum Gasteiger partial charge on any atom is 0.139 e. The highest BCUT2D eigenvalue weighted by Gasteiger charge is 2.09. The van der Waals surface area contributed by atoms with Crippen molar-refractivity contribution in [2.45, 2.75) is 51.9 Å². The molecule has 0 spiro atoms. The van der Waals surface area contributed by atoms with Gasteiger partial charge in [0.05, 0.1) is 12.3 Å². The number of nitrogens with one attached hydrogen (secondary N) is 1. The minimum atomic E-state index is 0.393. The molecule has 0 fully saturated rings. The SMILES string of the molecule is CCCCCCCCCOc1ccc(Nc2ccc3cnccc3c2N=O)cc1. The molecule has 0 aliphatic heterocycles. The van der Waals surface area contributed by atoms with Crippen LogP contribution >= 0.6 is 0 Å². The lowest BCUT2D eigenvalue weighted by Crippen LogP contribution is -1.97. The highest BCUT2D eigenvalue weighted by atomic mass is 16.5. The second-order valence-corrected chi connectivity index (χ2v) is 7.27. The summed E-state index contributed by atoms with van der Waals surface area (Å²) in [5.74, 6) is 0.861. The van der Waals surface area contributed by atoms with Gasteiger partial charge in [0.1, 0.15) is 11.4 Å². The number of hydrogen-bond donors (Lipinski definition) is 1. The molecule has 1 heterocycles. The quantitative estimate of drug-likeness (QED) is 0.256. The molecule has 29 heavy (non-hydrogen) atoms. The zero-order valence-electron chi connectivity index (χ0n) is 17.1. The van der Waals surface area contributed by atoms with Crippen LogP contribution in [0.3, 0.4) is 0 Å². The number of nitroso groups, excluding NO2 is 1. The number of pyridine rings is 1. The molecule has 0 amide bonds. The largest absolute Gasteiger partial charge is 0.494 e. The minimum absolute atomic E-state index is 0.393. The number of nitrogens with zero attached hydrogens (tertiary/aromatic N) is 2. The van der Waals surface area contributed by atoms with Crippen LogP contribution in [0.4, 0.5) is 17.1 Å². The summed E-state index contributed by atoms with van der Waals surface area (Å²) >= 11 is 0. The van der Waals surface area contributed by atoms with E-state index in [4.69, 9.17) is 4.74 Å². The number of ether oxygens (including phenoxy) is 1. The summed E-state index contributed by atoms with van der Waals surface area (Å²) in [6.45, 7) is 2.99. The van der Waals surface area contributed by atoms with Gasteiger partial charge in [-0.1, -0.05) is 51.5 Å². The number of unbranched alkanes of at least 4 members (excludes halogenated alkanes) is 6. The third-order valence-corrected chi connectivity index (χ3v) is 5.03. The Hall–Kier alpha value is -2.95. The van der Waals surface area contributed by atoms with Crippen LogP contribution in [0.5, 0.6) is 5.75 Å². The van der Waals surface area contributed by atoms with Crippen molar-refractivity contribution in [3.05, 3.63) is 59.8 Å². The van der Waals surface area contributed by atoms with E-state index in [2.05, 4.69) is 22.4 Å². The Bertz CT molecular complexity index is 910. The van der Waals surface area contributed by atoms with E-state index in [1.165, 1.54) is 38.5 Å². The van der Waals surface area contributed by atoms with E-state index in [0.29, 0.717) is 11.4 Å². The molecular weight excluding hydrogens is 362 g/mol. The van der Waals surface area contributed by atoms with Gasteiger partial charge < -0.3 is 10.1 Å². The van der Waals surface area contributed by atoms with Crippen molar-refractivity contribution in [1.29, 1.82) is 0 Å². The maximum absolute atomic E-state index is 11.4. The maximum atomic E-state index is 11.4. The first kappa shape index (κ1) is 20.8. The van der Waals surface area contributed by atoms with E-state index >= 15 is 0 Å². The molecule has 5 heteroatoms. The third kappa shape index (κ3) is 6.01. The van der Waals surface area contributed by atoms with Crippen LogP contribution in [0.1, 0.15) is 51.9 Å². The summed E-state index contributed by atoms with van der Waals surface area (Å²) < 4.78 is 5.84. The average Bonchev–Trinajstić information content (AvgIpc) is 2.76. The van der Waals surface area contributed by atoms with Crippen molar-refractivity contribution >= 4 is 27.8 Å². The summed E-state index contributed by atoms with van der Waals surface area (Å²) in [7, 11) is 0. The summed E-state index contributed by atoms with van der Waals surface area (Å²) in [4.78, 5) is 15.5. The lowest BCUT2D eigenvalue weighted by Gasteiger charge is -2.11. The molecule has 1 aromatic heterocycles. The van der Waals surface area contributed by atoms with E-state index < -0.39 is 0 Å². The second-order valence-electron chi connectivity index (χ2n) is 7.27. The molecule has 3 aromatic rings. The molecule has 0 aliphatic rings. The van der Waals surface area contributed by atoms with Gasteiger partial charge in [-0.25, -0.2) is 0 Å². The van der Waals surface area contributed by atoms with Crippen LogP contribution in [-0.4, -0.2) is 11.6 Å². The van der Waals surface area contributed by atoms with Crippen LogP contribution in [0.15, 0.2) is 60.0 Å². The van der Waals surface area contributed by atoms with Crippen LogP contribution in [0.2, 0.25) is 0 Å². The van der Waals surface area contributed by atoms with Gasteiger partial charge in [0.2, 0.25) is 0 Å². The fourth-order valence-electron chi connectivity index (χ4n) is 3.39. The van der Waals surface area contributed by atoms with Crippen LogP contribution in [0.25, 0.3) is 10.8 Å². The summed E-state index contributed by atoms with van der Waals surface area (Å²) in [6, 6.07) is 13.4. The predicted molar refractivity (Wildman–Crippen MR) is 120 cm³/mol. The van der Waals surface area contributed by atoms with Gasteiger partial charge in [-0.3, -0.25) is 4.98 Å². The van der Waals surface area contributed by atoms with Gasteiger partial charge in [-0.2, -0.15) is 0 Å². The van der Waals surface area contributed by atoms with E-state index in [9.17, 15) is 4.91 Å². The lowest BCUT2D eigenvalue weighted by molar-refractivity contribution is 0.304. The summed E-state index contributed by atoms with van der Waals surface area (Å²) in [5.41, 5.74) is 1.95. The first-order chi connectivity index (χ1) is 14.3. The number of benzene rings is 2. The lowest BCUT2D eigenvalue weighted by atomic mass is 10.1. The zero-order chi connectivity index (χ0) is 20.3. The van der Waals surface area contributed by atoms with Gasteiger partial charge in [0.25, 0.3) is 0 Å². The van der Waals surface area contributed by atoms with E-state index in [-0.39, 0.29) is 0 Å². The smallest absolute Gasteiger partial charge is 0.139 e. The molecule has 1 N–H and O–H groups in total. The third-order valence-electron chi connectivity index (χ3n) is 5.03. The Balaban J connectivity index is 1.51. The number of fused-ring (bicyclic) bond motifs is 1. The molecule has 0 bridgehead atoms. The summed E-state index contributed by atoms with van der Waals surface area (Å²) in [5, 5.41) is 8.18. The number of aromatic nitrogens is 1. The van der Waals surface area contributed by atoms with Crippen molar-refractivity contribution < 1.29 is 4.74 Å². The molecule has 0 radical (unpaired) electrons. The molecule has 152 valence electrons. The number of rotatable bonds is 12. The molecule has 0 aliphatic carbocycles. The highest BCUT2D eigenvalue weighted by molar-refractivity contribution is 5.98. The predicted octanol–water partition coefficient (Wildman–Crippen LogP) is 7.51. The standard InChI is InChI=1S/C24H29N3O2/c1-2-3-4-5-6-7-8-17-29-21-12-10-20(11-13-21)26-23-14-9-19-18-25-16-15-22(19)24(23)27-28/h9-16,18,26H,2-8,17H2,1H3. The fraction of sp³-hybridized carbons (Fsp3) is 0.375. The van der Waals surface area contributed by atoms with Crippen LogP contribution in [-0.2, 0) is 0 Å². The van der Waals surface area contributed by atoms with Crippen molar-refractivity contribution in [2.75, 3.05) is 11.9 Å². The van der Waals surface area contributed by atoms with E-state index in [0.717, 1.165) is 35.2 Å². The van der Waals surface area contributed by atoms with Gasteiger partial charge in [-0.15, -0.1) is 4.91 Å². The molecule has 0 saturated heterocycles. The van der Waals surface area contributed by atoms with E-state index in [1.807, 2.05) is 36.4 Å². The first-order valence-corrected chi connectivity index (χ1v) is 10.5. The number of hydrogen-bond acceptors (Lipinski definition) is 5. The molecule has 5 nitrogen and oxygen atoms in total. The highest BCUT2D eigenvalue weighted by Crippen LogP contribution is 2.35. The Morgan fingerprint density at radius 2 is 1.69 bits per heavy atom. The topological polar surface area (TPSA) is 63.6 Å². The molecule has 2 aromatic carbocycles. The van der Waals surface area contributed by atoms with Crippen molar-refractivity contribution in [2.24, 2.45) is 5.18 Å². The van der Waals surface area contributed by atoms with E-state index in [1.54, 1.807) is 18.5 Å². The molecule has 0 atom stereocenters. The second kappa shape index (κ2) is 11.1. The fourth-order valence-corrected chi connectivity index (χ4v) is 3.39. The molecule has 3 rings (SSSR count). The van der Waals surface area contributed by atoms with Crippen molar-refractivity contribution in [3.8, 4) is 5.75 Å². The summed E-state index contributed by atoms with van der Waals surface area (Å²) in [6.07, 6.45) is 12.3. The van der Waals surface area contributed by atoms with Crippen molar-refractivity contribution in [3.63, 3.8) is 0 Å². The van der Waals surface area contributed by atoms with Gasteiger partial charge in [0.15, 0.2) is 0 Å². The number of anilines is 2. The van der Waals surface area contributed by atoms with Gasteiger partial charge in [0, 0.05) is 28.9 Å². The Morgan fingerprint density at radius 1 is 0.931 bits per heavy atom. The minimum Gasteiger partial charge on any atom is -0.494 e. The normalized spacial score (nSPS) is 10.8. The molecule has 0 unspecified atom stereocenters. The Morgan fingerprint density at radius 3 is 2.45 bits per heavy atom. The molecule has 0 saturated carbocycles. The Labute approximate surface area is 172 Å². The first-order valence-electron chi connectivity index (χ1n) is 10.5.